The highest BCUT2D eigenvalue weighted by molar-refractivity contribution is 6.84. The first kappa shape index (κ1) is 84.7. The van der Waals surface area contributed by atoms with Gasteiger partial charge in [-0.1, -0.05) is 316 Å². The number of rotatable bonds is 55. The van der Waals surface area contributed by atoms with E-state index in [-0.39, 0.29) is 5.70 Å². The van der Waals surface area contributed by atoms with Crippen LogP contribution in [0.5, 0.6) is 23.0 Å². The maximum absolute atomic E-state index is 12.1. The summed E-state index contributed by atoms with van der Waals surface area (Å²) < 4.78 is 29.8. The van der Waals surface area contributed by atoms with E-state index in [1.165, 1.54) is 205 Å². The highest BCUT2D eigenvalue weighted by Gasteiger charge is 2.34. The molecule has 4 aromatic heterocycles. The Balaban J connectivity index is 1.02. The van der Waals surface area contributed by atoms with Crippen molar-refractivity contribution >= 4 is 61.9 Å². The van der Waals surface area contributed by atoms with Gasteiger partial charge >= 0.3 is 6.85 Å². The Labute approximate surface area is 670 Å². The van der Waals surface area contributed by atoms with E-state index in [0.717, 1.165) is 81.4 Å². The second kappa shape index (κ2) is 48.3. The van der Waals surface area contributed by atoms with Crippen LogP contribution in [0.2, 0.25) is 0 Å². The smallest absolute Gasteiger partial charge is 0.327 e. The zero-order valence-corrected chi connectivity index (χ0v) is 68.1. The number of unbranched alkanes of at least 4 members (excludes halogenated alkanes) is 34. The van der Waals surface area contributed by atoms with E-state index in [1.807, 2.05) is 67.7 Å². The van der Waals surface area contributed by atoms with E-state index in [2.05, 4.69) is 144 Å². The van der Waals surface area contributed by atoms with Crippen molar-refractivity contribution in [2.75, 3.05) is 26.4 Å². The molecule has 0 bridgehead atoms. The molecule has 0 unspecified atom stereocenters. The van der Waals surface area contributed by atoms with Gasteiger partial charge in [0.25, 0.3) is 0 Å². The van der Waals surface area contributed by atoms with Gasteiger partial charge < -0.3 is 28.0 Å². The van der Waals surface area contributed by atoms with E-state index in [4.69, 9.17) is 38.9 Å². The van der Waals surface area contributed by atoms with Crippen LogP contribution in [0.1, 0.15) is 269 Å². The van der Waals surface area contributed by atoms with Crippen molar-refractivity contribution in [3.05, 3.63) is 217 Å². The van der Waals surface area contributed by atoms with Gasteiger partial charge in [-0.2, -0.15) is 5.26 Å². The first-order valence-electron chi connectivity index (χ1n) is 43.2. The van der Waals surface area contributed by atoms with Crippen molar-refractivity contribution in [2.24, 2.45) is 7.05 Å². The summed E-state index contributed by atoms with van der Waals surface area (Å²) in [5, 5.41) is 14.8. The minimum Gasteiger partial charge on any atom is -0.494 e. The van der Waals surface area contributed by atoms with Crippen LogP contribution in [-0.4, -0.2) is 62.3 Å². The molecule has 0 N–H and O–H groups in total. The third kappa shape index (κ3) is 25.1. The quantitative estimate of drug-likeness (QED) is 0.0158. The van der Waals surface area contributed by atoms with Gasteiger partial charge in [-0.25, -0.2) is 9.83 Å². The highest BCUT2D eigenvalue weighted by Crippen LogP contribution is 2.38. The fraction of sp³-hybridized carbons (Fsp3) is 0.455. The maximum Gasteiger partial charge on any atom is 0.327 e. The molecular formula is C99H125BN8O4. The molecule has 0 aliphatic heterocycles. The molecule has 6 aromatic carbocycles. The largest absolute Gasteiger partial charge is 0.494 e. The molecule has 0 spiro atoms. The molecule has 0 atom stereocenters. The number of hydrogen-bond donors (Lipinski definition) is 0. The summed E-state index contributed by atoms with van der Waals surface area (Å²) in [4.78, 5) is 25.3. The predicted octanol–water partition coefficient (Wildman–Crippen LogP) is 24.4. The molecule has 0 radical (unpaired) electrons. The number of nitrogens with zero attached hydrogens (tertiary/aromatic N) is 8. The van der Waals surface area contributed by atoms with Crippen molar-refractivity contribution in [3.8, 4) is 51.6 Å². The first-order chi connectivity index (χ1) is 55.4. The third-order valence-electron chi connectivity index (χ3n) is 22.0. The van der Waals surface area contributed by atoms with Gasteiger partial charge in [0.2, 0.25) is 5.70 Å². The Bertz CT molecular complexity index is 4650. The van der Waals surface area contributed by atoms with E-state index >= 15 is 0 Å². The lowest BCUT2D eigenvalue weighted by molar-refractivity contribution is 0.304. The summed E-state index contributed by atoms with van der Waals surface area (Å²) in [7, 11) is 2.02. The Morgan fingerprint density at radius 3 is 1.15 bits per heavy atom. The Kier molecular flexibility index (Phi) is 36.5. The third-order valence-corrected chi connectivity index (χ3v) is 22.0. The Hall–Kier alpha value is -9.72. The summed E-state index contributed by atoms with van der Waals surface area (Å²) in [6.07, 6.45) is 56.2. The van der Waals surface area contributed by atoms with Crippen molar-refractivity contribution in [1.82, 2.24) is 29.0 Å². The molecule has 112 heavy (non-hydrogen) atoms. The zero-order chi connectivity index (χ0) is 78.0. The molecule has 0 saturated heterocycles. The predicted molar refractivity (Wildman–Crippen MR) is 470 cm³/mol. The topological polar surface area (TPSA) is 126 Å². The fourth-order valence-corrected chi connectivity index (χ4v) is 15.8. The number of ether oxygens (including phenoxy) is 4. The van der Waals surface area contributed by atoms with Crippen molar-refractivity contribution in [3.63, 3.8) is 0 Å². The van der Waals surface area contributed by atoms with Crippen LogP contribution in [0, 0.1) is 17.9 Å². The van der Waals surface area contributed by atoms with Gasteiger partial charge in [-0.05, 0) is 110 Å². The molecule has 10 aromatic rings. The molecular weight excluding hydrogens is 1380 g/mol. The van der Waals surface area contributed by atoms with Gasteiger partial charge in [0.05, 0.1) is 78.0 Å². The Morgan fingerprint density at radius 1 is 0.420 bits per heavy atom. The SMILES string of the molecule is [C-]#[N+]/C(c1cnc2cc(OCCC=C)ccc2n1)=c1\c2c(-c3ccc(OCCCCCCCCCCCCCCCCCCCC)cc3)n(C)/c(=C(/C#N)c3cnc4cc(OCCC=C)ccc4n3)c2c(-c2ccc(OCCCCCCCCCCCCCCCCCCCC)cc2)n1B(c1ccccc1)c1ccccc1. The summed E-state index contributed by atoms with van der Waals surface area (Å²) >= 11 is 0. The molecule has 12 nitrogen and oxygen atoms in total. The first-order valence-corrected chi connectivity index (χ1v) is 43.2. The zero-order valence-electron chi connectivity index (χ0n) is 68.1. The second-order valence-electron chi connectivity index (χ2n) is 30.7. The molecule has 0 aliphatic carbocycles. The molecule has 10 rings (SSSR count). The molecule has 0 fully saturated rings. The second-order valence-corrected chi connectivity index (χ2v) is 30.7. The van der Waals surface area contributed by atoms with Gasteiger partial charge in [0, 0.05) is 47.2 Å². The Morgan fingerprint density at radius 2 is 0.768 bits per heavy atom. The number of benzene rings is 6. The van der Waals surface area contributed by atoms with Gasteiger partial charge in [0.15, 0.2) is 0 Å². The van der Waals surface area contributed by atoms with Gasteiger partial charge in [-0.15, -0.1) is 13.2 Å². The maximum atomic E-state index is 12.1. The number of fused-ring (bicyclic) bond motifs is 3. The van der Waals surface area contributed by atoms with Crippen LogP contribution < -0.4 is 40.6 Å². The lowest BCUT2D eigenvalue weighted by atomic mass is 9.50. The molecule has 4 heterocycles. The molecule has 0 aliphatic rings. The van der Waals surface area contributed by atoms with E-state index in [9.17, 15) is 11.8 Å². The van der Waals surface area contributed by atoms with Crippen LogP contribution in [0.15, 0.2) is 183 Å². The lowest BCUT2D eigenvalue weighted by Gasteiger charge is -2.22. The minimum atomic E-state index is -0.546. The number of hydrogen-bond acceptors (Lipinski definition) is 9. The van der Waals surface area contributed by atoms with Crippen LogP contribution in [-0.2, 0) is 7.05 Å². The van der Waals surface area contributed by atoms with Crippen molar-refractivity contribution in [2.45, 2.75) is 258 Å². The van der Waals surface area contributed by atoms with Gasteiger partial charge in [0.1, 0.15) is 40.3 Å². The normalized spacial score (nSPS) is 11.9. The highest BCUT2D eigenvalue weighted by atomic mass is 16.5. The minimum absolute atomic E-state index is 0.274. The summed E-state index contributed by atoms with van der Waals surface area (Å²) in [5.41, 5.74) is 9.04. The number of nitriles is 1. The van der Waals surface area contributed by atoms with Crippen molar-refractivity contribution in [1.29, 1.82) is 5.26 Å². The molecule has 13 heteroatoms. The van der Waals surface area contributed by atoms with E-state index < -0.39 is 6.85 Å². The van der Waals surface area contributed by atoms with Crippen LogP contribution in [0.25, 0.3) is 71.5 Å². The van der Waals surface area contributed by atoms with Crippen molar-refractivity contribution < 1.29 is 18.9 Å². The van der Waals surface area contributed by atoms with Crippen LogP contribution in [0.3, 0.4) is 0 Å². The standard InChI is InChI=1S/C99H125BN8O4/c1-7-11-15-17-19-21-23-25-27-29-31-33-35-37-39-41-43-51-71-109-82-61-57-78(58-62-82)96-93-94(98(107(96)6)86(75-101)91-76-103-89-73-84(111-69-13-9-3)65-67-87(89)105-91)97(79-59-63-83(64-60-79)110-72-52-44-42-40-38-36-34-32-30-28-26-24-22-20-18-16-12-8-2)108(100(80-53-47-45-48-54-80)81-55-49-46-50-56-81)99(93)95(102-5)92-77-104-90-74-85(112-70-14-10-4)66-68-88(90)106-92/h9-10,45-50,53-68,73-74,76-77H,3-4,7-8,11-44,51-52,69-72H2,1-2,6H3/b98-86-,99-95+. The fourth-order valence-electron chi connectivity index (χ4n) is 15.8. The average Bonchev–Trinajstić information content (AvgIpc) is 1.53. The monoisotopic (exact) mass is 1500 g/mol. The average molecular weight is 1500 g/mol. The van der Waals surface area contributed by atoms with E-state index in [1.54, 1.807) is 12.4 Å². The molecule has 0 saturated carbocycles. The lowest BCUT2D eigenvalue weighted by Crippen LogP contribution is -2.53. The van der Waals surface area contributed by atoms with Gasteiger partial charge in [-0.3, -0.25) is 15.0 Å². The number of aromatic nitrogens is 6. The molecule has 0 amide bonds. The molecule has 588 valence electrons. The summed E-state index contributed by atoms with van der Waals surface area (Å²) in [6.45, 7) is 23.6. The van der Waals surface area contributed by atoms with Crippen LogP contribution in [0.4, 0.5) is 0 Å². The van der Waals surface area contributed by atoms with E-state index in [0.29, 0.717) is 100 Å². The summed E-state index contributed by atoms with van der Waals surface area (Å²) in [6, 6.07) is 51.8. The van der Waals surface area contributed by atoms with Crippen LogP contribution >= 0.6 is 0 Å². The summed E-state index contributed by atoms with van der Waals surface area (Å²) in [5.74, 6) is 2.88.